The van der Waals surface area contributed by atoms with Gasteiger partial charge in [0, 0.05) is 44.3 Å². The predicted octanol–water partition coefficient (Wildman–Crippen LogP) is 30.5. The molecular weight excluding hydrogens is 1770 g/mol. The number of alkyl halides is 12. The van der Waals surface area contributed by atoms with E-state index in [1.807, 2.05) is 134 Å². The molecule has 8 nitrogen and oxygen atoms in total. The second kappa shape index (κ2) is 28.4. The number of fused-ring (bicyclic) bond motifs is 19. The first-order chi connectivity index (χ1) is 56.4. The Kier molecular flexibility index (Phi) is 19.3. The number of nitrogens with zero attached hydrogens (tertiary/aromatic N) is 4. The van der Waals surface area contributed by atoms with E-state index < -0.39 is 52.4 Å². The third kappa shape index (κ3) is 12.5. The Hall–Kier alpha value is -10.9. The molecule has 0 fully saturated rings. The Labute approximate surface area is 711 Å². The third-order valence-corrected chi connectivity index (χ3v) is 27.8. The van der Waals surface area contributed by atoms with Gasteiger partial charge in [-0.15, -0.1) is 0 Å². The average Bonchev–Trinajstić information content (AvgIpc) is 1.56. The molecule has 17 rings (SSSR count). The maximum atomic E-state index is 15.8. The summed E-state index contributed by atoms with van der Waals surface area (Å²) >= 11 is 4.35. The van der Waals surface area contributed by atoms with Gasteiger partial charge in [-0.25, -0.2) is 19.9 Å². The van der Waals surface area contributed by atoms with Crippen molar-refractivity contribution >= 4 is 134 Å². The number of aryl methyl sites for hydroxylation is 7. The van der Waals surface area contributed by atoms with Crippen molar-refractivity contribution in [2.75, 3.05) is 0 Å². The van der Waals surface area contributed by atoms with Crippen LogP contribution in [-0.2, 0) is 30.1 Å². The van der Waals surface area contributed by atoms with Crippen LogP contribution in [0.2, 0.25) is 0 Å². The highest BCUT2D eigenvalue weighted by Crippen LogP contribution is 2.57. The molecule has 6 aromatic heterocycles. The Morgan fingerprint density at radius 1 is 0.267 bits per heavy atom. The van der Waals surface area contributed by atoms with Crippen molar-refractivity contribution in [2.24, 2.45) is 0 Å². The number of halogens is 14. The minimum absolute atomic E-state index is 0.121. The van der Waals surface area contributed by atoms with Crippen LogP contribution in [0.5, 0.6) is 0 Å². The van der Waals surface area contributed by atoms with Gasteiger partial charge in [0.1, 0.15) is 0 Å². The normalized spacial score (nSPS) is 14.4. The lowest BCUT2D eigenvalue weighted by Crippen LogP contribution is -2.15. The van der Waals surface area contributed by atoms with Crippen LogP contribution in [0.15, 0.2) is 140 Å². The number of hydrogen-bond acceptors (Lipinski definition) is 4. The molecule has 22 heteroatoms. The van der Waals surface area contributed by atoms with Gasteiger partial charge in [0.25, 0.3) is 0 Å². The monoisotopic (exact) mass is 1850 g/mol. The summed E-state index contributed by atoms with van der Waals surface area (Å²) in [6.07, 6.45) is -19.3. The van der Waals surface area contributed by atoms with Crippen LogP contribution >= 0.6 is 45.2 Å². The Balaban J connectivity index is 0.982. The summed E-state index contributed by atoms with van der Waals surface area (Å²) < 4.78 is 191. The highest BCUT2D eigenvalue weighted by molar-refractivity contribution is 14.1. The summed E-state index contributed by atoms with van der Waals surface area (Å²) in [7, 11) is 0. The number of nitrogens with one attached hydrogen (secondary N) is 4. The molecule has 608 valence electrons. The molecule has 6 aromatic carbocycles. The van der Waals surface area contributed by atoms with E-state index in [1.165, 1.54) is 48.5 Å². The predicted molar refractivity (Wildman–Crippen MR) is 477 cm³/mol. The fourth-order valence-corrected chi connectivity index (χ4v) is 20.4. The van der Waals surface area contributed by atoms with Gasteiger partial charge >= 0.3 is 24.7 Å². The molecule has 0 saturated heterocycles. The van der Waals surface area contributed by atoms with Gasteiger partial charge in [-0.05, 0) is 331 Å². The molecule has 0 spiro atoms. The Morgan fingerprint density at radius 2 is 0.517 bits per heavy atom. The van der Waals surface area contributed by atoms with E-state index in [4.69, 9.17) is 19.9 Å². The molecule has 10 heterocycles. The zero-order valence-electron chi connectivity index (χ0n) is 68.4. The minimum Gasteiger partial charge on any atom is -0.354 e. The van der Waals surface area contributed by atoms with Gasteiger partial charge in [-0.2, -0.15) is 52.7 Å². The zero-order valence-corrected chi connectivity index (χ0v) is 72.7. The number of H-pyrrole nitrogens is 4. The standard InChI is InChI=1S/C98H78F12I2N8/c1-41-38-70-71(80-42(2)45(5)84(114-80)74(61-27-19-23-31-65(61)96(102,103)104)87-49(9)53(13)91(118-87)77(111)90-52(12)48(8)83(117-90)73(79(41)113-70)60-26-18-22-30-64(60)95(99,100)101)56-34-36-58-59-37-35-57(40-69(59)94(16,17)68(58)39-56)72-81-43(3)46(6)85(115-81)75(62-28-20-24-32-66(62)97(105,106)107)88-50(10)54(14)92(119-88)78(112)93-55(15)51(11)89(120-93)76(86-47(7)44(4)82(72)116-86)63-29-21-25-33-67(63)98(108,109)110/h18-40,113,115,118,120H,1-17H3. The highest BCUT2D eigenvalue weighted by Gasteiger charge is 2.43. The van der Waals surface area contributed by atoms with Crippen molar-refractivity contribution in [2.45, 2.75) is 148 Å². The van der Waals surface area contributed by atoms with Gasteiger partial charge in [-0.3, -0.25) is 0 Å². The summed E-state index contributed by atoms with van der Waals surface area (Å²) in [5.74, 6) is 0. The molecule has 0 saturated carbocycles. The molecule has 120 heavy (non-hydrogen) atoms. The van der Waals surface area contributed by atoms with Crippen LogP contribution < -0.4 is 0 Å². The molecule has 4 aliphatic heterocycles. The fourth-order valence-electron chi connectivity index (χ4n) is 18.3. The van der Waals surface area contributed by atoms with E-state index in [0.717, 1.165) is 46.5 Å². The maximum Gasteiger partial charge on any atom is 0.417 e. The number of hydrogen-bond donors (Lipinski definition) is 4. The summed E-state index contributed by atoms with van der Waals surface area (Å²) in [5, 5.41) is 0. The minimum atomic E-state index is -4.83. The lowest BCUT2D eigenvalue weighted by molar-refractivity contribution is -0.137. The molecule has 0 radical (unpaired) electrons. The first-order valence-corrected chi connectivity index (χ1v) is 41.2. The molecule has 0 atom stereocenters. The Morgan fingerprint density at radius 3 is 0.842 bits per heavy atom. The van der Waals surface area contributed by atoms with E-state index in [2.05, 4.69) is 91.1 Å². The SMILES string of the molecule is CC1=C(C)c2nc1c(-c1ccc3c(c1)C(C)(C)c1cc(-c4c5nc(c(-c6ccccc6C(F)(F)F)c6[nH]c(c(C)c6C)c(I)c6nc(c(-c7ccccc7C(F)(F)F)c7[nH]c4c(C)c7C)C(C)=C6C)C(C)=C5C)ccc1-3)c1cc(C)c([nH]1)c(-c1ccccc1C(F)(F)F)c1nc(c(I)c3[nH]c(c(C)c3C)c2-c2ccccc2C(F)(F)F)C(C)=C1C. The van der Waals surface area contributed by atoms with Gasteiger partial charge in [-0.1, -0.05) is 111 Å². The number of allylic oxidation sites excluding steroid dienone is 8. The largest absolute Gasteiger partial charge is 0.417 e. The topological polar surface area (TPSA) is 115 Å². The first kappa shape index (κ1) is 81.5. The third-order valence-electron chi connectivity index (χ3n) is 25.7. The van der Waals surface area contributed by atoms with Crippen molar-refractivity contribution in [3.8, 4) is 77.9 Å². The number of aromatic amines is 4. The lowest BCUT2D eigenvalue weighted by Gasteiger charge is -2.23. The number of benzene rings is 6. The van der Waals surface area contributed by atoms with Gasteiger partial charge in [0.2, 0.25) is 0 Å². The van der Waals surface area contributed by atoms with E-state index in [1.54, 1.807) is 24.3 Å². The van der Waals surface area contributed by atoms with E-state index >= 15 is 52.7 Å². The molecule has 1 aliphatic carbocycles. The van der Waals surface area contributed by atoms with E-state index in [-0.39, 0.29) is 67.3 Å². The van der Waals surface area contributed by atoms with Crippen LogP contribution in [0.25, 0.3) is 167 Å². The second-order valence-corrected chi connectivity index (χ2v) is 34.7. The maximum absolute atomic E-state index is 15.8. The number of rotatable bonds is 6. The average molecular weight is 1850 g/mol. The quantitative estimate of drug-likeness (QED) is 0.0981. The van der Waals surface area contributed by atoms with Crippen molar-refractivity contribution in [3.63, 3.8) is 0 Å². The highest BCUT2D eigenvalue weighted by atomic mass is 127. The van der Waals surface area contributed by atoms with Crippen LogP contribution in [-0.4, -0.2) is 39.9 Å². The molecule has 12 aromatic rings. The summed E-state index contributed by atoms with van der Waals surface area (Å²) in [6, 6.07) is 35.6. The fraction of sp³-hybridized carbons (Fsp3) is 0.224. The molecule has 16 bridgehead atoms. The van der Waals surface area contributed by atoms with Crippen LogP contribution in [0, 0.1) is 55.6 Å². The van der Waals surface area contributed by atoms with Crippen molar-refractivity contribution in [3.05, 3.63) is 265 Å². The summed E-state index contributed by atoms with van der Waals surface area (Å²) in [4.78, 5) is 36.4. The van der Waals surface area contributed by atoms with Crippen LogP contribution in [0.4, 0.5) is 52.7 Å². The van der Waals surface area contributed by atoms with Crippen molar-refractivity contribution < 1.29 is 52.7 Å². The molecule has 0 unspecified atom stereocenters. The molecular formula is C98H78F12I2N8. The van der Waals surface area contributed by atoms with Gasteiger partial charge in [0.05, 0.1) is 114 Å². The van der Waals surface area contributed by atoms with Gasteiger partial charge < -0.3 is 19.9 Å². The lowest BCUT2D eigenvalue weighted by atomic mass is 9.80. The van der Waals surface area contributed by atoms with Crippen LogP contribution in [0.3, 0.4) is 0 Å². The Bertz CT molecular complexity index is 7080. The van der Waals surface area contributed by atoms with Crippen LogP contribution in [0.1, 0.15) is 187 Å². The number of aromatic nitrogens is 8. The zero-order chi connectivity index (χ0) is 86.0. The second-order valence-electron chi connectivity index (χ2n) is 32.5. The van der Waals surface area contributed by atoms with E-state index in [0.29, 0.717) is 180 Å². The molecule has 0 amide bonds. The molecule has 5 aliphatic rings. The smallest absolute Gasteiger partial charge is 0.354 e. The molecule has 4 N–H and O–H groups in total. The van der Waals surface area contributed by atoms with E-state index in [9.17, 15) is 0 Å². The van der Waals surface area contributed by atoms with Crippen molar-refractivity contribution in [1.29, 1.82) is 0 Å². The summed E-state index contributed by atoms with van der Waals surface area (Å²) in [6.45, 7) is 31.9. The van der Waals surface area contributed by atoms with Gasteiger partial charge in [0.15, 0.2) is 0 Å². The summed E-state index contributed by atoms with van der Waals surface area (Å²) in [5.41, 5.74) is 16.8. The van der Waals surface area contributed by atoms with Crippen molar-refractivity contribution in [1.82, 2.24) is 39.9 Å². The first-order valence-electron chi connectivity index (χ1n) is 39.0.